The van der Waals surface area contributed by atoms with E-state index in [0.717, 1.165) is 16.8 Å². The number of halogens is 7. The second kappa shape index (κ2) is 11.4. The molecule has 1 amide bonds. The van der Waals surface area contributed by atoms with Crippen molar-refractivity contribution in [1.29, 1.82) is 0 Å². The van der Waals surface area contributed by atoms with Crippen molar-refractivity contribution in [1.82, 2.24) is 29.6 Å². The molecule has 1 aliphatic heterocycles. The molecule has 3 aromatic heterocycles. The molecule has 2 N–H and O–H groups in total. The van der Waals surface area contributed by atoms with Crippen LogP contribution in [0.15, 0.2) is 40.3 Å². The number of carbonyl (C=O) groups is 1. The zero-order valence-corrected chi connectivity index (χ0v) is 21.8. The summed E-state index contributed by atoms with van der Waals surface area (Å²) in [6, 6.07) is 1.45. The average molecular weight is 607 g/mol. The van der Waals surface area contributed by atoms with E-state index >= 15 is 0 Å². The van der Waals surface area contributed by atoms with E-state index in [2.05, 4.69) is 20.4 Å². The number of carbonyl (C=O) groups excluding carboxylic acids is 1. The Morgan fingerprint density at radius 2 is 1.66 bits per heavy atom. The molecule has 1 aliphatic rings. The Bertz CT molecular complexity index is 1530. The highest BCUT2D eigenvalue weighted by Crippen LogP contribution is 2.32. The molecule has 0 bridgehead atoms. The van der Waals surface area contributed by atoms with Gasteiger partial charge in [0.1, 0.15) is 10.7 Å². The van der Waals surface area contributed by atoms with Gasteiger partial charge in [-0.3, -0.25) is 19.0 Å². The summed E-state index contributed by atoms with van der Waals surface area (Å²) in [7, 11) is 0. The van der Waals surface area contributed by atoms with Gasteiger partial charge in [0.25, 0.3) is 17.0 Å². The second-order valence-corrected chi connectivity index (χ2v) is 9.42. The second-order valence-electron chi connectivity index (χ2n) is 9.07. The molecule has 0 aromatic carbocycles. The Hall–Kier alpha value is -4.15. The van der Waals surface area contributed by atoms with Gasteiger partial charge in [-0.05, 0) is 13.0 Å². The number of anilines is 2. The number of nitrogens with zero attached hydrogens (tertiary/aromatic N) is 6. The van der Waals surface area contributed by atoms with Gasteiger partial charge in [-0.25, -0.2) is 15.1 Å². The van der Waals surface area contributed by atoms with E-state index in [0.29, 0.717) is 12.4 Å². The van der Waals surface area contributed by atoms with Crippen molar-refractivity contribution in [3.05, 3.63) is 73.3 Å². The van der Waals surface area contributed by atoms with E-state index in [4.69, 9.17) is 11.6 Å². The van der Waals surface area contributed by atoms with Crippen molar-refractivity contribution in [3.8, 4) is 0 Å². The molecule has 1 unspecified atom stereocenters. The monoisotopic (exact) mass is 606 g/mol. The van der Waals surface area contributed by atoms with Crippen molar-refractivity contribution in [2.75, 3.05) is 36.4 Å². The number of H-pyrrole nitrogens is 1. The van der Waals surface area contributed by atoms with Crippen LogP contribution in [0.3, 0.4) is 0 Å². The minimum Gasteiger partial charge on any atom is -0.379 e. The number of hydrogen-bond donors (Lipinski definition) is 2. The molecule has 41 heavy (non-hydrogen) atoms. The van der Waals surface area contributed by atoms with Crippen LogP contribution in [0.1, 0.15) is 28.4 Å². The summed E-state index contributed by atoms with van der Waals surface area (Å²) < 4.78 is 79.4. The molecule has 0 saturated carbocycles. The fourth-order valence-corrected chi connectivity index (χ4v) is 4.47. The molecule has 220 valence electrons. The van der Waals surface area contributed by atoms with Gasteiger partial charge < -0.3 is 15.1 Å². The average Bonchev–Trinajstić information content (AvgIpc) is 2.90. The van der Waals surface area contributed by atoms with Gasteiger partial charge in [0, 0.05) is 57.2 Å². The third kappa shape index (κ3) is 6.61. The molecular weight excluding hydrogens is 586 g/mol. The van der Waals surface area contributed by atoms with Gasteiger partial charge in [0.2, 0.25) is 5.95 Å². The number of aromatic nitrogens is 5. The third-order valence-corrected chi connectivity index (χ3v) is 6.57. The SMILES string of the molecule is CC(Cn1c(Cl)c(C(=O)N2CCN(c3ncc(C(F)(F)F)cn3)CC2)ccc1=O)Nc1cn[nH]c(=O)c1C(F)(F)F. The van der Waals surface area contributed by atoms with Crippen LogP contribution in [-0.2, 0) is 18.9 Å². The van der Waals surface area contributed by atoms with Crippen molar-refractivity contribution in [2.45, 2.75) is 31.9 Å². The lowest BCUT2D eigenvalue weighted by Crippen LogP contribution is -2.49. The molecule has 18 heteroatoms. The number of aromatic amines is 1. The summed E-state index contributed by atoms with van der Waals surface area (Å²) in [5.74, 6) is -0.460. The quantitative estimate of drug-likeness (QED) is 0.324. The number of pyridine rings is 1. The van der Waals surface area contributed by atoms with Crippen LogP contribution in [0.25, 0.3) is 0 Å². The Kier molecular flexibility index (Phi) is 8.28. The largest absolute Gasteiger partial charge is 0.423 e. The van der Waals surface area contributed by atoms with E-state index < -0.39 is 52.2 Å². The highest BCUT2D eigenvalue weighted by molar-refractivity contribution is 6.32. The van der Waals surface area contributed by atoms with E-state index in [1.165, 1.54) is 17.9 Å². The predicted octanol–water partition coefficient (Wildman–Crippen LogP) is 2.88. The van der Waals surface area contributed by atoms with Gasteiger partial charge in [-0.15, -0.1) is 0 Å². The van der Waals surface area contributed by atoms with Crippen LogP contribution in [0.5, 0.6) is 0 Å². The maximum absolute atomic E-state index is 13.4. The Balaban J connectivity index is 1.45. The van der Waals surface area contributed by atoms with Crippen molar-refractivity contribution in [2.24, 2.45) is 0 Å². The topological polar surface area (TPSA) is 129 Å². The van der Waals surface area contributed by atoms with Crippen molar-refractivity contribution >= 4 is 29.1 Å². The van der Waals surface area contributed by atoms with Gasteiger partial charge in [-0.1, -0.05) is 11.6 Å². The zero-order chi connectivity index (χ0) is 30.1. The van der Waals surface area contributed by atoms with Gasteiger partial charge >= 0.3 is 12.4 Å². The smallest absolute Gasteiger partial charge is 0.379 e. The highest BCUT2D eigenvalue weighted by atomic mass is 35.5. The minimum absolute atomic E-state index is 0.0356. The number of alkyl halides is 6. The molecule has 3 aromatic rings. The molecule has 1 saturated heterocycles. The molecule has 4 heterocycles. The van der Waals surface area contributed by atoms with Crippen molar-refractivity contribution < 1.29 is 31.1 Å². The normalized spacial score (nSPS) is 15.1. The van der Waals surface area contributed by atoms with E-state index in [1.54, 1.807) is 10.00 Å². The Morgan fingerprint density at radius 3 is 2.24 bits per heavy atom. The summed E-state index contributed by atoms with van der Waals surface area (Å²) in [4.78, 5) is 48.0. The predicted molar refractivity (Wildman–Crippen MR) is 134 cm³/mol. The number of amides is 1. The van der Waals surface area contributed by atoms with Crippen LogP contribution in [-0.4, -0.2) is 67.8 Å². The molecule has 0 aliphatic carbocycles. The fourth-order valence-electron chi connectivity index (χ4n) is 4.17. The van der Waals surface area contributed by atoms with Crippen LogP contribution in [0.4, 0.5) is 38.0 Å². The van der Waals surface area contributed by atoms with Crippen LogP contribution >= 0.6 is 11.6 Å². The fraction of sp³-hybridized carbons (Fsp3) is 0.391. The number of nitrogens with one attached hydrogen (secondary N) is 2. The summed E-state index contributed by atoms with van der Waals surface area (Å²) in [5.41, 5.74) is -5.17. The number of hydrogen-bond acceptors (Lipinski definition) is 8. The molecule has 0 spiro atoms. The van der Waals surface area contributed by atoms with Crippen LogP contribution < -0.4 is 21.3 Å². The van der Waals surface area contributed by atoms with Crippen LogP contribution in [0.2, 0.25) is 5.15 Å². The first-order chi connectivity index (χ1) is 19.2. The highest BCUT2D eigenvalue weighted by Gasteiger charge is 2.38. The van der Waals surface area contributed by atoms with Gasteiger partial charge in [0.15, 0.2) is 0 Å². The van der Waals surface area contributed by atoms with E-state index in [1.807, 2.05) is 0 Å². The number of rotatable bonds is 6. The lowest BCUT2D eigenvalue weighted by Gasteiger charge is -2.35. The standard InChI is InChI=1S/C23H21ClF6N8O3/c1-12(34-15-10-33-35-19(40)17(15)23(28,29)30)11-38-16(39)3-2-14(18(38)24)20(41)36-4-6-37(7-5-36)21-31-8-13(9-32-21)22(25,26)27/h2-3,8-10,12H,4-7,11H2,1H3,(H2,34,35,40). The first kappa shape index (κ1) is 29.8. The van der Waals surface area contributed by atoms with Gasteiger partial charge in [-0.2, -0.15) is 31.4 Å². The molecule has 1 atom stereocenters. The molecule has 1 fully saturated rings. The number of piperazine rings is 1. The van der Waals surface area contributed by atoms with E-state index in [9.17, 15) is 40.7 Å². The lowest BCUT2D eigenvalue weighted by molar-refractivity contribution is -0.139. The first-order valence-corrected chi connectivity index (χ1v) is 12.3. The zero-order valence-electron chi connectivity index (χ0n) is 21.1. The Morgan fingerprint density at radius 1 is 1.02 bits per heavy atom. The molecule has 11 nitrogen and oxygen atoms in total. The summed E-state index contributed by atoms with van der Waals surface area (Å²) >= 11 is 6.40. The molecule has 0 radical (unpaired) electrons. The summed E-state index contributed by atoms with van der Waals surface area (Å²) in [5, 5.41) is 7.37. The first-order valence-electron chi connectivity index (χ1n) is 11.9. The molecule has 4 rings (SSSR count). The Labute approximate surface area is 231 Å². The maximum atomic E-state index is 13.4. The maximum Gasteiger partial charge on any atom is 0.423 e. The lowest BCUT2D eigenvalue weighted by atomic mass is 10.2. The van der Waals surface area contributed by atoms with E-state index in [-0.39, 0.29) is 49.4 Å². The minimum atomic E-state index is -4.97. The van der Waals surface area contributed by atoms with Crippen molar-refractivity contribution in [3.63, 3.8) is 0 Å². The summed E-state index contributed by atoms with van der Waals surface area (Å²) in [6.45, 7) is 1.89. The van der Waals surface area contributed by atoms with Gasteiger partial charge in [0.05, 0.1) is 23.0 Å². The molecular formula is C23H21ClF6N8O3. The van der Waals surface area contributed by atoms with Crippen LogP contribution in [0, 0.1) is 0 Å². The summed E-state index contributed by atoms with van der Waals surface area (Å²) in [6.07, 6.45) is -7.40. The third-order valence-electron chi connectivity index (χ3n) is 6.16.